The molecule has 6 heteroatoms. The van der Waals surface area contributed by atoms with Crippen molar-refractivity contribution in [2.45, 2.75) is 65.3 Å². The van der Waals surface area contributed by atoms with Gasteiger partial charge in [-0.25, -0.2) is 9.69 Å². The van der Waals surface area contributed by atoms with Crippen molar-refractivity contribution in [1.29, 1.82) is 0 Å². The molecule has 2 heterocycles. The Balaban J connectivity index is 1.68. The number of carbonyl (C=O) groups excluding carboxylic acids is 3. The summed E-state index contributed by atoms with van der Waals surface area (Å²) in [5.41, 5.74) is 4.55. The third kappa shape index (κ3) is 3.94. The Morgan fingerprint density at radius 2 is 1.71 bits per heavy atom. The fraction of sp³-hybridized carbons (Fsp3) is 0.400. The number of urea groups is 1. The molecule has 1 saturated carbocycles. The van der Waals surface area contributed by atoms with Gasteiger partial charge in [0.25, 0.3) is 11.8 Å². The summed E-state index contributed by atoms with van der Waals surface area (Å²) < 4.78 is 2.34. The van der Waals surface area contributed by atoms with Crippen LogP contribution in [0.4, 0.5) is 10.5 Å². The van der Waals surface area contributed by atoms with Gasteiger partial charge >= 0.3 is 6.03 Å². The average Bonchev–Trinajstić information content (AvgIpc) is 3.05. The Labute approximate surface area is 182 Å². The van der Waals surface area contributed by atoms with Crippen LogP contribution >= 0.6 is 0 Å². The molecule has 0 radical (unpaired) electrons. The second-order valence-corrected chi connectivity index (χ2v) is 8.47. The Morgan fingerprint density at radius 3 is 2.35 bits per heavy atom. The zero-order valence-electron chi connectivity index (χ0n) is 18.4. The summed E-state index contributed by atoms with van der Waals surface area (Å²) in [6.07, 6.45) is 8.54. The molecule has 2 aromatic rings. The van der Waals surface area contributed by atoms with E-state index < -0.39 is 17.8 Å². The standard InChI is InChI=1S/C25H29N3O3/c1-4-18-10-12-21(13-11-18)28-24(30)22(23(29)26-25(28)31)15-19-14-16(2)27(17(19)3)20-8-6-5-7-9-20/h10-15,20H,4-9H2,1-3H3,(H,26,29,31)/b22-15-. The maximum absolute atomic E-state index is 13.2. The van der Waals surface area contributed by atoms with Crippen molar-refractivity contribution in [3.8, 4) is 0 Å². The molecule has 1 saturated heterocycles. The quantitative estimate of drug-likeness (QED) is 0.569. The van der Waals surface area contributed by atoms with Crippen LogP contribution in [-0.4, -0.2) is 22.4 Å². The molecular weight excluding hydrogens is 390 g/mol. The molecule has 0 unspecified atom stereocenters. The molecule has 0 spiro atoms. The molecule has 1 aliphatic carbocycles. The fourth-order valence-electron chi connectivity index (χ4n) is 4.78. The number of imide groups is 2. The van der Waals surface area contributed by atoms with Gasteiger partial charge in [0.2, 0.25) is 0 Å². The van der Waals surface area contributed by atoms with Gasteiger partial charge < -0.3 is 4.57 Å². The van der Waals surface area contributed by atoms with E-state index in [1.165, 1.54) is 19.3 Å². The predicted octanol–water partition coefficient (Wildman–Crippen LogP) is 4.84. The van der Waals surface area contributed by atoms with Crippen LogP contribution in [0.1, 0.15) is 67.6 Å². The lowest BCUT2D eigenvalue weighted by Gasteiger charge is -2.27. The highest BCUT2D eigenvalue weighted by Crippen LogP contribution is 2.33. The first-order valence-corrected chi connectivity index (χ1v) is 11.1. The minimum atomic E-state index is -0.718. The van der Waals surface area contributed by atoms with Gasteiger partial charge in [-0.15, -0.1) is 0 Å². The van der Waals surface area contributed by atoms with Crippen molar-refractivity contribution in [1.82, 2.24) is 9.88 Å². The van der Waals surface area contributed by atoms with E-state index in [0.717, 1.165) is 46.7 Å². The van der Waals surface area contributed by atoms with E-state index in [1.807, 2.05) is 32.0 Å². The number of rotatable bonds is 4. The molecule has 2 fully saturated rings. The molecule has 1 aromatic carbocycles. The second-order valence-electron chi connectivity index (χ2n) is 8.47. The van der Waals surface area contributed by atoms with Crippen molar-refractivity contribution in [3.63, 3.8) is 0 Å². The number of benzene rings is 1. The van der Waals surface area contributed by atoms with Crippen LogP contribution < -0.4 is 10.2 Å². The normalized spacial score (nSPS) is 19.3. The third-order valence-electron chi connectivity index (χ3n) is 6.47. The Kier molecular flexibility index (Phi) is 5.81. The van der Waals surface area contributed by atoms with E-state index in [4.69, 9.17) is 0 Å². The number of aromatic nitrogens is 1. The van der Waals surface area contributed by atoms with Gasteiger partial charge in [-0.3, -0.25) is 14.9 Å². The molecule has 162 valence electrons. The van der Waals surface area contributed by atoms with E-state index >= 15 is 0 Å². The SMILES string of the molecule is CCc1ccc(N2C(=O)NC(=O)/C(=C/c3cc(C)n(C4CCCCC4)c3C)C2=O)cc1. The average molecular weight is 420 g/mol. The van der Waals surface area contributed by atoms with Crippen molar-refractivity contribution >= 4 is 29.6 Å². The topological polar surface area (TPSA) is 71.4 Å². The number of amides is 4. The molecule has 4 amide bonds. The Hall–Kier alpha value is -3.15. The number of anilines is 1. The van der Waals surface area contributed by atoms with Crippen molar-refractivity contribution in [2.75, 3.05) is 4.90 Å². The highest BCUT2D eigenvalue weighted by atomic mass is 16.2. The van der Waals surface area contributed by atoms with Gasteiger partial charge in [0.05, 0.1) is 5.69 Å². The number of hydrogen-bond acceptors (Lipinski definition) is 3. The number of carbonyl (C=O) groups is 3. The Bertz CT molecular complexity index is 1060. The molecule has 2 aliphatic rings. The lowest BCUT2D eigenvalue weighted by molar-refractivity contribution is -0.122. The van der Waals surface area contributed by atoms with Gasteiger partial charge in [-0.1, -0.05) is 38.3 Å². The smallest absolute Gasteiger partial charge is 0.335 e. The van der Waals surface area contributed by atoms with Gasteiger partial charge in [0.15, 0.2) is 0 Å². The number of aryl methyl sites for hydroxylation is 2. The van der Waals surface area contributed by atoms with Crippen LogP contribution in [0.5, 0.6) is 0 Å². The Morgan fingerprint density at radius 1 is 1.03 bits per heavy atom. The van der Waals surface area contributed by atoms with Crippen LogP contribution in [0, 0.1) is 13.8 Å². The number of barbiturate groups is 1. The third-order valence-corrected chi connectivity index (χ3v) is 6.47. The van der Waals surface area contributed by atoms with E-state index in [0.29, 0.717) is 11.7 Å². The summed E-state index contributed by atoms with van der Waals surface area (Å²) in [4.78, 5) is 39.2. The van der Waals surface area contributed by atoms with E-state index in [2.05, 4.69) is 16.8 Å². The largest absolute Gasteiger partial charge is 0.346 e. The predicted molar refractivity (Wildman–Crippen MR) is 121 cm³/mol. The molecule has 31 heavy (non-hydrogen) atoms. The van der Waals surface area contributed by atoms with E-state index in [1.54, 1.807) is 18.2 Å². The first-order chi connectivity index (χ1) is 14.9. The van der Waals surface area contributed by atoms with Crippen LogP contribution in [0.3, 0.4) is 0 Å². The number of nitrogens with zero attached hydrogens (tertiary/aromatic N) is 2. The maximum atomic E-state index is 13.2. The number of nitrogens with one attached hydrogen (secondary N) is 1. The van der Waals surface area contributed by atoms with E-state index in [-0.39, 0.29) is 5.57 Å². The van der Waals surface area contributed by atoms with Crippen LogP contribution in [0.2, 0.25) is 0 Å². The van der Waals surface area contributed by atoms with Crippen LogP contribution in [-0.2, 0) is 16.0 Å². The summed E-state index contributed by atoms with van der Waals surface area (Å²) in [6.45, 7) is 6.14. The lowest BCUT2D eigenvalue weighted by Crippen LogP contribution is -2.54. The maximum Gasteiger partial charge on any atom is 0.335 e. The molecule has 0 bridgehead atoms. The molecule has 6 nitrogen and oxygen atoms in total. The minimum absolute atomic E-state index is 0.0249. The van der Waals surface area contributed by atoms with Gasteiger partial charge in [-0.05, 0) is 68.5 Å². The molecule has 0 atom stereocenters. The van der Waals surface area contributed by atoms with Crippen molar-refractivity contribution in [3.05, 3.63) is 58.4 Å². The number of hydrogen-bond donors (Lipinski definition) is 1. The monoisotopic (exact) mass is 419 g/mol. The zero-order chi connectivity index (χ0) is 22.1. The molecular formula is C25H29N3O3. The van der Waals surface area contributed by atoms with Gasteiger partial charge in [0, 0.05) is 17.4 Å². The molecule has 1 N–H and O–H groups in total. The highest BCUT2D eigenvalue weighted by molar-refractivity contribution is 6.39. The molecule has 1 aliphatic heterocycles. The summed E-state index contributed by atoms with van der Waals surface area (Å²) in [5.74, 6) is -1.25. The minimum Gasteiger partial charge on any atom is -0.346 e. The van der Waals surface area contributed by atoms with Gasteiger partial charge in [0.1, 0.15) is 5.57 Å². The highest BCUT2D eigenvalue weighted by Gasteiger charge is 2.37. The van der Waals surface area contributed by atoms with Crippen LogP contribution in [0.25, 0.3) is 6.08 Å². The molecule has 1 aromatic heterocycles. The summed E-state index contributed by atoms with van der Waals surface area (Å²) >= 11 is 0. The van der Waals surface area contributed by atoms with Crippen molar-refractivity contribution < 1.29 is 14.4 Å². The fourth-order valence-corrected chi connectivity index (χ4v) is 4.78. The van der Waals surface area contributed by atoms with Gasteiger partial charge in [-0.2, -0.15) is 0 Å². The first kappa shape index (κ1) is 21.1. The zero-order valence-corrected chi connectivity index (χ0v) is 18.4. The second kappa shape index (κ2) is 8.53. The van der Waals surface area contributed by atoms with E-state index in [9.17, 15) is 14.4 Å². The summed E-state index contributed by atoms with van der Waals surface area (Å²) in [6, 6.07) is 9.00. The van der Waals surface area contributed by atoms with Crippen molar-refractivity contribution in [2.24, 2.45) is 0 Å². The lowest BCUT2D eigenvalue weighted by atomic mass is 9.95. The summed E-state index contributed by atoms with van der Waals surface area (Å²) in [5, 5.41) is 2.31. The molecule has 4 rings (SSSR count). The first-order valence-electron chi connectivity index (χ1n) is 11.1. The van der Waals surface area contributed by atoms with Crippen LogP contribution in [0.15, 0.2) is 35.9 Å². The summed E-state index contributed by atoms with van der Waals surface area (Å²) in [7, 11) is 0.